The first-order valence-corrected chi connectivity index (χ1v) is 9.46. The number of pyridine rings is 1. The molecule has 3 aliphatic rings. The molecule has 3 aliphatic heterocycles. The average molecular weight is 366 g/mol. The third-order valence-electron chi connectivity index (χ3n) is 5.57. The highest BCUT2D eigenvalue weighted by atomic mass is 16.5. The molecule has 2 fully saturated rings. The van der Waals surface area contributed by atoms with E-state index in [1.165, 1.54) is 0 Å². The summed E-state index contributed by atoms with van der Waals surface area (Å²) in [7, 11) is 0. The fourth-order valence-electron chi connectivity index (χ4n) is 4.22. The quantitative estimate of drug-likeness (QED) is 0.834. The zero-order valence-electron chi connectivity index (χ0n) is 15.0. The van der Waals surface area contributed by atoms with E-state index in [9.17, 15) is 4.79 Å². The number of carbonyl (C=O) groups is 1. The summed E-state index contributed by atoms with van der Waals surface area (Å²) in [4.78, 5) is 18.9. The number of benzene rings is 1. The lowest BCUT2D eigenvalue weighted by molar-refractivity contribution is -0.196. The lowest BCUT2D eigenvalue weighted by atomic mass is 9.84. The van der Waals surface area contributed by atoms with Crippen molar-refractivity contribution in [2.45, 2.75) is 37.1 Å². The van der Waals surface area contributed by atoms with Gasteiger partial charge in [-0.05, 0) is 17.7 Å². The Morgan fingerprint density at radius 2 is 2.04 bits per heavy atom. The van der Waals surface area contributed by atoms with Crippen molar-refractivity contribution in [1.82, 2.24) is 9.88 Å². The second-order valence-electron chi connectivity index (χ2n) is 7.54. The predicted octanol–water partition coefficient (Wildman–Crippen LogP) is 2.22. The van der Waals surface area contributed by atoms with Crippen molar-refractivity contribution >= 4 is 5.91 Å². The van der Waals surface area contributed by atoms with E-state index >= 15 is 0 Å². The predicted molar refractivity (Wildman–Crippen MR) is 97.7 cm³/mol. The van der Waals surface area contributed by atoms with Crippen molar-refractivity contribution in [3.63, 3.8) is 0 Å². The van der Waals surface area contributed by atoms with Gasteiger partial charge in [0.25, 0.3) is 5.91 Å². The molecule has 0 saturated carbocycles. The first-order valence-electron chi connectivity index (χ1n) is 9.46. The van der Waals surface area contributed by atoms with Crippen LogP contribution in [0.2, 0.25) is 0 Å². The van der Waals surface area contributed by atoms with Gasteiger partial charge in [-0.25, -0.2) is 4.98 Å². The molecule has 1 aromatic carbocycles. The summed E-state index contributed by atoms with van der Waals surface area (Å²) in [6, 6.07) is 13.5. The molecule has 1 spiro atoms. The first kappa shape index (κ1) is 16.6. The maximum absolute atomic E-state index is 12.8. The summed E-state index contributed by atoms with van der Waals surface area (Å²) in [6.07, 6.45) is 3.65. The summed E-state index contributed by atoms with van der Waals surface area (Å²) in [6.45, 7) is 1.85. The zero-order chi connectivity index (χ0) is 18.3. The molecule has 4 heterocycles. The van der Waals surface area contributed by atoms with Crippen molar-refractivity contribution in [3.05, 3.63) is 54.2 Å². The second-order valence-corrected chi connectivity index (χ2v) is 7.54. The third kappa shape index (κ3) is 3.14. The van der Waals surface area contributed by atoms with Crippen molar-refractivity contribution < 1.29 is 19.0 Å². The van der Waals surface area contributed by atoms with Gasteiger partial charge in [-0.15, -0.1) is 0 Å². The van der Waals surface area contributed by atoms with E-state index in [1.807, 2.05) is 47.4 Å². The van der Waals surface area contributed by atoms with Crippen molar-refractivity contribution in [2.24, 2.45) is 0 Å². The van der Waals surface area contributed by atoms with Crippen LogP contribution in [0.4, 0.5) is 0 Å². The van der Waals surface area contributed by atoms with E-state index in [0.29, 0.717) is 32.0 Å². The van der Waals surface area contributed by atoms with Crippen LogP contribution in [-0.2, 0) is 16.0 Å². The number of hydrogen-bond donors (Lipinski definition) is 0. The summed E-state index contributed by atoms with van der Waals surface area (Å²) in [5.41, 5.74) is 0.808. The average Bonchev–Trinajstić information content (AvgIpc) is 3.11. The number of aromatic nitrogens is 1. The minimum Gasteiger partial charge on any atom is -0.480 e. The highest BCUT2D eigenvalue weighted by Crippen LogP contribution is 2.37. The van der Waals surface area contributed by atoms with E-state index in [-0.39, 0.29) is 17.6 Å². The monoisotopic (exact) mass is 366 g/mol. The maximum Gasteiger partial charge on any atom is 0.264 e. The van der Waals surface area contributed by atoms with E-state index in [2.05, 4.69) is 4.98 Å². The van der Waals surface area contributed by atoms with Crippen molar-refractivity contribution in [2.75, 3.05) is 19.7 Å². The van der Waals surface area contributed by atoms with Gasteiger partial charge in [-0.2, -0.15) is 0 Å². The van der Waals surface area contributed by atoms with Gasteiger partial charge in [0.2, 0.25) is 5.88 Å². The lowest BCUT2D eigenvalue weighted by Gasteiger charge is -2.53. The van der Waals surface area contributed by atoms with Gasteiger partial charge in [0.05, 0.1) is 19.7 Å². The molecule has 27 heavy (non-hydrogen) atoms. The third-order valence-corrected chi connectivity index (χ3v) is 5.57. The number of carbonyl (C=O) groups excluding carboxylic acids is 1. The Labute approximate surface area is 158 Å². The molecular weight excluding hydrogens is 344 g/mol. The summed E-state index contributed by atoms with van der Waals surface area (Å²) in [5, 5.41) is 0. The van der Waals surface area contributed by atoms with E-state index in [4.69, 9.17) is 14.2 Å². The Hall–Kier alpha value is -2.60. The van der Waals surface area contributed by atoms with Crippen molar-refractivity contribution in [3.8, 4) is 11.6 Å². The zero-order valence-corrected chi connectivity index (χ0v) is 15.0. The van der Waals surface area contributed by atoms with Crippen molar-refractivity contribution in [1.29, 1.82) is 0 Å². The molecule has 5 rings (SSSR count). The second kappa shape index (κ2) is 6.53. The highest BCUT2D eigenvalue weighted by Gasteiger charge is 2.51. The Morgan fingerprint density at radius 1 is 1.19 bits per heavy atom. The molecule has 2 aromatic rings. The van der Waals surface area contributed by atoms with Crippen LogP contribution in [0.3, 0.4) is 0 Å². The lowest BCUT2D eigenvalue weighted by Crippen LogP contribution is -2.69. The van der Waals surface area contributed by atoms with Crippen LogP contribution in [-0.4, -0.2) is 53.3 Å². The number of fused-ring (bicyclic) bond motifs is 1. The molecule has 0 radical (unpaired) electrons. The maximum atomic E-state index is 12.8. The molecule has 1 amide bonds. The molecule has 0 aliphatic carbocycles. The molecule has 140 valence electrons. The summed E-state index contributed by atoms with van der Waals surface area (Å²) < 4.78 is 17.9. The SMILES string of the molecule is O=C([C@@H]1Cc2ccccc2O1)N1CC2(C[C@@H](Oc3ccccn3)CCO2)C1. The van der Waals surface area contributed by atoms with Gasteiger partial charge in [-0.1, -0.05) is 24.3 Å². The molecule has 6 heteroatoms. The number of hydrogen-bond acceptors (Lipinski definition) is 5. The van der Waals surface area contributed by atoms with Crippen LogP contribution < -0.4 is 9.47 Å². The smallest absolute Gasteiger partial charge is 0.264 e. The number of ether oxygens (including phenoxy) is 3. The Bertz CT molecular complexity index is 810. The fraction of sp³-hybridized carbons (Fsp3) is 0.429. The van der Waals surface area contributed by atoms with Crippen LogP contribution in [0.1, 0.15) is 18.4 Å². The molecule has 0 unspecified atom stereocenters. The number of amides is 1. The minimum atomic E-state index is -0.413. The van der Waals surface area contributed by atoms with Crippen LogP contribution in [0.25, 0.3) is 0 Å². The summed E-state index contributed by atoms with van der Waals surface area (Å²) >= 11 is 0. The van der Waals surface area contributed by atoms with Crippen LogP contribution in [0, 0.1) is 0 Å². The van der Waals surface area contributed by atoms with E-state index < -0.39 is 6.10 Å². The standard InChI is InChI=1S/C21H22N2O4/c24-20(18-11-15-5-1-2-6-17(15)27-18)23-13-21(14-23)12-16(8-10-25-21)26-19-7-3-4-9-22-19/h1-7,9,16,18H,8,10-14H2/t16-,18-/m0/s1. The minimum absolute atomic E-state index is 0.0493. The number of likely N-dealkylation sites (tertiary alicyclic amines) is 1. The first-order chi connectivity index (χ1) is 13.2. The topological polar surface area (TPSA) is 60.9 Å². The van der Waals surface area contributed by atoms with Crippen LogP contribution in [0.5, 0.6) is 11.6 Å². The van der Waals surface area contributed by atoms with Crippen LogP contribution in [0.15, 0.2) is 48.7 Å². The Morgan fingerprint density at radius 3 is 2.85 bits per heavy atom. The molecular formula is C21H22N2O4. The van der Waals surface area contributed by atoms with E-state index in [1.54, 1.807) is 6.20 Å². The molecule has 0 N–H and O–H groups in total. The fourth-order valence-corrected chi connectivity index (χ4v) is 4.22. The Balaban J connectivity index is 1.18. The number of rotatable bonds is 3. The van der Waals surface area contributed by atoms with Gasteiger partial charge < -0.3 is 19.1 Å². The molecule has 0 bridgehead atoms. The number of para-hydroxylation sites is 1. The van der Waals surface area contributed by atoms with Gasteiger partial charge in [0.15, 0.2) is 6.10 Å². The van der Waals surface area contributed by atoms with Gasteiger partial charge in [0.1, 0.15) is 17.5 Å². The van der Waals surface area contributed by atoms with Gasteiger partial charge in [-0.3, -0.25) is 4.79 Å². The molecule has 6 nitrogen and oxygen atoms in total. The number of nitrogens with zero attached hydrogens (tertiary/aromatic N) is 2. The summed E-state index contributed by atoms with van der Waals surface area (Å²) in [5.74, 6) is 1.51. The molecule has 2 atom stereocenters. The highest BCUT2D eigenvalue weighted by molar-refractivity contribution is 5.83. The largest absolute Gasteiger partial charge is 0.480 e. The van der Waals surface area contributed by atoms with E-state index in [0.717, 1.165) is 24.2 Å². The molecule has 2 saturated heterocycles. The van der Waals surface area contributed by atoms with Gasteiger partial charge in [0, 0.05) is 31.5 Å². The normalized spacial score (nSPS) is 25.4. The Kier molecular flexibility index (Phi) is 4.01. The molecule has 1 aromatic heterocycles. The van der Waals surface area contributed by atoms with Crippen LogP contribution >= 0.6 is 0 Å². The van der Waals surface area contributed by atoms with Gasteiger partial charge >= 0.3 is 0 Å².